The van der Waals surface area contributed by atoms with Gasteiger partial charge in [0.25, 0.3) is 0 Å². The van der Waals surface area contributed by atoms with Crippen LogP contribution in [-0.2, 0) is 9.47 Å². The Morgan fingerprint density at radius 1 is 1.00 bits per heavy atom. The van der Waals surface area contributed by atoms with Crippen molar-refractivity contribution in [2.75, 3.05) is 13.2 Å². The van der Waals surface area contributed by atoms with E-state index in [0.717, 1.165) is 32.1 Å². The summed E-state index contributed by atoms with van der Waals surface area (Å²) in [6, 6.07) is 0. The van der Waals surface area contributed by atoms with Gasteiger partial charge in [0.2, 0.25) is 0 Å². The van der Waals surface area contributed by atoms with E-state index in [9.17, 15) is 10.2 Å². The van der Waals surface area contributed by atoms with E-state index >= 15 is 0 Å². The van der Waals surface area contributed by atoms with E-state index in [0.29, 0.717) is 23.7 Å². The molecule has 4 heteroatoms. The molecule has 6 unspecified atom stereocenters. The average molecular weight is 375 g/mol. The smallest absolute Gasteiger partial charge is 0.164 e. The number of aliphatic hydroxyl groups is 2. The maximum atomic E-state index is 10.8. The quantitative estimate of drug-likeness (QED) is 0.729. The number of aliphatic hydroxyl groups excluding tert-OH is 2. The molecule has 2 N–H and O–H groups in total. The summed E-state index contributed by atoms with van der Waals surface area (Å²) in [5, 5.41) is 21.2. The molecule has 0 aromatic heterocycles. The molecule has 2 spiro atoms. The van der Waals surface area contributed by atoms with Crippen molar-refractivity contribution in [3.8, 4) is 0 Å². The van der Waals surface area contributed by atoms with Crippen molar-refractivity contribution < 1.29 is 19.7 Å². The van der Waals surface area contributed by atoms with E-state index in [4.69, 9.17) is 9.47 Å². The molecule has 0 amide bonds. The molecule has 0 radical (unpaired) electrons. The van der Waals surface area contributed by atoms with Gasteiger partial charge in [0.05, 0.1) is 6.10 Å². The van der Waals surface area contributed by atoms with E-state index in [2.05, 4.69) is 27.4 Å². The van der Waals surface area contributed by atoms with Crippen LogP contribution < -0.4 is 0 Å². The van der Waals surface area contributed by atoms with Crippen LogP contribution in [0.1, 0.15) is 59.3 Å². The molecule has 1 aliphatic heterocycles. The Balaban J connectivity index is 1.55. The zero-order valence-corrected chi connectivity index (χ0v) is 17.0. The monoisotopic (exact) mass is 374 g/mol. The lowest BCUT2D eigenvalue weighted by atomic mass is 9.40. The van der Waals surface area contributed by atoms with Crippen molar-refractivity contribution >= 4 is 0 Å². The molecule has 7 rings (SSSR count). The lowest BCUT2D eigenvalue weighted by Gasteiger charge is -2.67. The van der Waals surface area contributed by atoms with Crippen molar-refractivity contribution in [3.05, 3.63) is 12.2 Å². The lowest BCUT2D eigenvalue weighted by molar-refractivity contribution is -0.355. The van der Waals surface area contributed by atoms with Gasteiger partial charge in [0.15, 0.2) is 5.79 Å². The highest BCUT2D eigenvalue weighted by atomic mass is 16.7. The molecular weight excluding hydrogens is 340 g/mol. The van der Waals surface area contributed by atoms with Crippen LogP contribution >= 0.6 is 0 Å². The highest BCUT2D eigenvalue weighted by Gasteiger charge is 2.94. The van der Waals surface area contributed by atoms with Crippen LogP contribution in [-0.4, -0.2) is 40.9 Å². The third-order valence-electron chi connectivity index (χ3n) is 10.3. The molecule has 9 atom stereocenters. The summed E-state index contributed by atoms with van der Waals surface area (Å²) >= 11 is 0. The summed E-state index contributed by atoms with van der Waals surface area (Å²) in [5.74, 6) is 1.19. The third kappa shape index (κ3) is 1.56. The summed E-state index contributed by atoms with van der Waals surface area (Å²) in [6.07, 6.45) is 6.64. The molecule has 1 saturated heterocycles. The van der Waals surface area contributed by atoms with Crippen molar-refractivity contribution in [3.63, 3.8) is 0 Å². The second kappa shape index (κ2) is 4.66. The minimum Gasteiger partial charge on any atom is -0.396 e. The zero-order chi connectivity index (χ0) is 19.0. The number of hydrogen-bond acceptors (Lipinski definition) is 4. The second-order valence-corrected chi connectivity index (χ2v) is 11.4. The molecule has 6 saturated carbocycles. The largest absolute Gasteiger partial charge is 0.396 e. The topological polar surface area (TPSA) is 58.9 Å². The van der Waals surface area contributed by atoms with Gasteiger partial charge in [-0.2, -0.15) is 0 Å². The van der Waals surface area contributed by atoms with Crippen molar-refractivity contribution in [2.45, 2.75) is 76.8 Å². The zero-order valence-electron chi connectivity index (χ0n) is 17.0. The van der Waals surface area contributed by atoms with Gasteiger partial charge in [0, 0.05) is 30.0 Å². The lowest BCUT2D eigenvalue weighted by Crippen LogP contribution is -2.68. The van der Waals surface area contributed by atoms with Gasteiger partial charge in [0.1, 0.15) is 5.60 Å². The number of fused-ring (bicyclic) bond motifs is 1. The Kier molecular flexibility index (Phi) is 3.01. The summed E-state index contributed by atoms with van der Waals surface area (Å²) in [6.45, 7) is 11.3. The minimum atomic E-state index is -0.591. The Hall–Kier alpha value is -0.420. The Morgan fingerprint density at radius 2 is 1.74 bits per heavy atom. The summed E-state index contributed by atoms with van der Waals surface area (Å²) < 4.78 is 13.4. The van der Waals surface area contributed by atoms with Gasteiger partial charge in [-0.15, -0.1) is 0 Å². The summed E-state index contributed by atoms with van der Waals surface area (Å²) in [5.41, 5.74) is 0.899. The Labute approximate surface area is 162 Å². The number of hydrogen-bond donors (Lipinski definition) is 2. The van der Waals surface area contributed by atoms with Gasteiger partial charge < -0.3 is 19.7 Å². The molecule has 0 aromatic rings. The van der Waals surface area contributed by atoms with Gasteiger partial charge in [-0.3, -0.25) is 0 Å². The van der Waals surface area contributed by atoms with Crippen LogP contribution in [0.15, 0.2) is 12.2 Å². The van der Waals surface area contributed by atoms with Gasteiger partial charge >= 0.3 is 0 Å². The molecule has 7 fully saturated rings. The van der Waals surface area contributed by atoms with Crippen LogP contribution in [0.3, 0.4) is 0 Å². The van der Waals surface area contributed by atoms with Crippen molar-refractivity contribution in [1.82, 2.24) is 0 Å². The maximum Gasteiger partial charge on any atom is 0.164 e. The first kappa shape index (κ1) is 17.4. The van der Waals surface area contributed by atoms with Gasteiger partial charge in [-0.25, -0.2) is 0 Å². The van der Waals surface area contributed by atoms with Crippen LogP contribution in [0.5, 0.6) is 0 Å². The van der Waals surface area contributed by atoms with Crippen LogP contribution in [0.2, 0.25) is 0 Å². The van der Waals surface area contributed by atoms with E-state index in [1.54, 1.807) is 0 Å². The molecule has 6 aliphatic carbocycles. The van der Waals surface area contributed by atoms with E-state index < -0.39 is 5.79 Å². The first-order valence-corrected chi connectivity index (χ1v) is 11.0. The van der Waals surface area contributed by atoms with Crippen LogP contribution in [0, 0.1) is 39.9 Å². The van der Waals surface area contributed by atoms with Crippen molar-refractivity contribution in [2.24, 2.45) is 39.9 Å². The number of rotatable bonds is 2. The van der Waals surface area contributed by atoms with E-state index in [1.807, 2.05) is 0 Å². The van der Waals surface area contributed by atoms with Crippen LogP contribution in [0.4, 0.5) is 0 Å². The Bertz CT molecular complexity index is 732. The molecule has 4 nitrogen and oxygen atoms in total. The minimum absolute atomic E-state index is 0.0152. The normalized spacial score (nSPS) is 62.0. The predicted molar refractivity (Wildman–Crippen MR) is 101 cm³/mol. The molecule has 7 aliphatic rings. The fourth-order valence-corrected chi connectivity index (χ4v) is 9.60. The molecule has 27 heavy (non-hydrogen) atoms. The third-order valence-corrected chi connectivity index (χ3v) is 10.3. The number of ether oxygens (including phenoxy) is 2. The summed E-state index contributed by atoms with van der Waals surface area (Å²) in [4.78, 5) is 0. The van der Waals surface area contributed by atoms with Crippen molar-refractivity contribution in [1.29, 1.82) is 0 Å². The predicted octanol–water partition coefficient (Wildman–Crippen LogP) is 3.27. The van der Waals surface area contributed by atoms with E-state index in [-0.39, 0.29) is 41.2 Å². The Morgan fingerprint density at radius 3 is 2.44 bits per heavy atom. The fraction of sp³-hybridized carbons (Fsp3) is 0.913. The van der Waals surface area contributed by atoms with Gasteiger partial charge in [-0.05, 0) is 74.7 Å². The maximum absolute atomic E-state index is 10.8. The van der Waals surface area contributed by atoms with Gasteiger partial charge in [-0.1, -0.05) is 19.9 Å². The second-order valence-electron chi connectivity index (χ2n) is 11.4. The fourth-order valence-electron chi connectivity index (χ4n) is 9.60. The SMILES string of the molecule is C=C1C2CC3C4(CO)CCCC(C)(CO)C4C[C@H]4OC(C)(C)O[C@]15[C@H](C2)C345. The molecular formula is C23H34O4. The highest BCUT2D eigenvalue weighted by molar-refractivity contribution is 5.52. The first-order valence-electron chi connectivity index (χ1n) is 11.0. The molecule has 150 valence electrons. The molecule has 1 heterocycles. The van der Waals surface area contributed by atoms with E-state index in [1.165, 1.54) is 12.0 Å². The summed E-state index contributed by atoms with van der Waals surface area (Å²) in [7, 11) is 0. The highest BCUT2D eigenvalue weighted by Crippen LogP contribution is 2.90. The average Bonchev–Trinajstić information content (AvgIpc) is 3.16. The standard InChI is InChI=1S/C23H34O4/c1-13-14-8-16-21(12-25)7-5-6-20(4,11-24)15(21)10-18-22(16)17(9-14)23(13,22)27-19(2,3)26-18/h14-18,24-25H,1,5-12H2,2-4H3/t14?,15?,16?,17-,18-,20?,21?,22?,23+/m1/s1. The van der Waals surface area contributed by atoms with Crippen LogP contribution in [0.25, 0.3) is 0 Å². The first-order chi connectivity index (χ1) is 12.7. The molecule has 4 bridgehead atoms. The molecule has 0 aromatic carbocycles.